The number of hydrogen-bond donors (Lipinski definition) is 3. The Morgan fingerprint density at radius 3 is 2.07 bits per heavy atom. The minimum Gasteiger partial charge on any atom is -0.444 e. The average Bonchev–Trinajstić information content (AvgIpc) is 2.68. The van der Waals surface area contributed by atoms with Crippen LogP contribution in [-0.2, 0) is 14.3 Å². The van der Waals surface area contributed by atoms with Crippen LogP contribution in [0.15, 0.2) is 24.3 Å². The lowest BCUT2D eigenvalue weighted by atomic mass is 10.1. The van der Waals surface area contributed by atoms with Crippen LogP contribution in [0.1, 0.15) is 71.5 Å². The molecule has 3 N–H and O–H groups in total. The lowest BCUT2D eigenvalue weighted by Gasteiger charge is -2.19. The number of aliphatic hydroxyl groups is 1. The molecule has 0 radical (unpaired) electrons. The summed E-state index contributed by atoms with van der Waals surface area (Å²) in [6, 6.07) is 6.20. The van der Waals surface area contributed by atoms with Crippen LogP contribution in [0.3, 0.4) is 0 Å². The summed E-state index contributed by atoms with van der Waals surface area (Å²) in [6.07, 6.45) is 1.98. The van der Waals surface area contributed by atoms with Crippen LogP contribution in [0.5, 0.6) is 5.75 Å². The van der Waals surface area contributed by atoms with Crippen LogP contribution in [0.4, 0.5) is 4.79 Å². The Morgan fingerprint density at radius 2 is 1.53 bits per heavy atom. The molecule has 168 valence electrons. The standard InChI is InChI=1S/C22H34N2O6/c1-5-18(25)29-17-12-10-16(11-13-17)19(26)20(27)23-14-8-6-7-9-15-24-21(28)30-22(2,3)4/h10-13,19,26H,5-9,14-15H2,1-4H3,(H,23,27)(H,24,28). The van der Waals surface area contributed by atoms with Crippen LogP contribution in [-0.4, -0.2) is 41.8 Å². The Bertz CT molecular complexity index is 682. The maximum Gasteiger partial charge on any atom is 0.407 e. The van der Waals surface area contributed by atoms with Crippen molar-refractivity contribution in [3.8, 4) is 5.75 Å². The number of esters is 1. The van der Waals surface area contributed by atoms with Crippen molar-refractivity contribution in [1.29, 1.82) is 0 Å². The van der Waals surface area contributed by atoms with Crippen LogP contribution in [0.25, 0.3) is 0 Å². The normalized spacial score (nSPS) is 12.0. The molecule has 0 aliphatic rings. The summed E-state index contributed by atoms with van der Waals surface area (Å²) in [7, 11) is 0. The van der Waals surface area contributed by atoms with E-state index in [0.29, 0.717) is 24.4 Å². The Morgan fingerprint density at radius 1 is 0.967 bits per heavy atom. The van der Waals surface area contributed by atoms with Gasteiger partial charge in [0, 0.05) is 19.5 Å². The monoisotopic (exact) mass is 422 g/mol. The smallest absolute Gasteiger partial charge is 0.407 e. The SMILES string of the molecule is CCC(=O)Oc1ccc(C(O)C(=O)NCCCCCCNC(=O)OC(C)(C)C)cc1. The lowest BCUT2D eigenvalue weighted by Crippen LogP contribution is -2.33. The summed E-state index contributed by atoms with van der Waals surface area (Å²) >= 11 is 0. The quantitative estimate of drug-likeness (QED) is 0.287. The molecule has 0 aliphatic heterocycles. The van der Waals surface area contributed by atoms with Gasteiger partial charge >= 0.3 is 12.1 Å². The number of nitrogens with one attached hydrogen (secondary N) is 2. The molecule has 0 aliphatic carbocycles. The van der Waals surface area contributed by atoms with E-state index in [1.54, 1.807) is 31.2 Å². The molecular formula is C22H34N2O6. The number of aliphatic hydroxyl groups excluding tert-OH is 1. The van der Waals surface area contributed by atoms with Crippen molar-refractivity contribution in [2.24, 2.45) is 0 Å². The molecule has 0 saturated heterocycles. The van der Waals surface area contributed by atoms with E-state index >= 15 is 0 Å². The molecule has 0 fully saturated rings. The van der Waals surface area contributed by atoms with Gasteiger partial charge in [0.15, 0.2) is 6.10 Å². The van der Waals surface area contributed by atoms with Crippen LogP contribution in [0, 0.1) is 0 Å². The Kier molecular flexibility index (Phi) is 10.9. The molecule has 0 saturated carbocycles. The van der Waals surface area contributed by atoms with E-state index in [1.165, 1.54) is 0 Å². The van der Waals surface area contributed by atoms with E-state index in [2.05, 4.69) is 10.6 Å². The number of alkyl carbamates (subject to hydrolysis) is 1. The minimum atomic E-state index is -1.28. The molecule has 0 spiro atoms. The predicted molar refractivity (Wildman–Crippen MR) is 113 cm³/mol. The fourth-order valence-corrected chi connectivity index (χ4v) is 2.49. The molecular weight excluding hydrogens is 388 g/mol. The molecule has 2 amide bonds. The van der Waals surface area contributed by atoms with Gasteiger partial charge in [-0.15, -0.1) is 0 Å². The van der Waals surface area contributed by atoms with Gasteiger partial charge in [-0.2, -0.15) is 0 Å². The number of ether oxygens (including phenoxy) is 2. The van der Waals surface area contributed by atoms with Gasteiger partial charge in [0.05, 0.1) is 0 Å². The first-order valence-electron chi connectivity index (χ1n) is 10.4. The zero-order chi connectivity index (χ0) is 22.6. The zero-order valence-electron chi connectivity index (χ0n) is 18.3. The molecule has 8 nitrogen and oxygen atoms in total. The average molecular weight is 423 g/mol. The molecule has 0 aromatic heterocycles. The molecule has 1 atom stereocenters. The van der Waals surface area contributed by atoms with Crippen molar-refractivity contribution >= 4 is 18.0 Å². The zero-order valence-corrected chi connectivity index (χ0v) is 18.3. The third-order valence-electron chi connectivity index (χ3n) is 4.04. The molecule has 1 aromatic carbocycles. The highest BCUT2D eigenvalue weighted by molar-refractivity contribution is 5.82. The van der Waals surface area contributed by atoms with E-state index in [4.69, 9.17) is 9.47 Å². The summed E-state index contributed by atoms with van der Waals surface area (Å²) in [4.78, 5) is 34.8. The highest BCUT2D eigenvalue weighted by Crippen LogP contribution is 2.18. The van der Waals surface area contributed by atoms with Gasteiger partial charge in [0.2, 0.25) is 0 Å². The van der Waals surface area contributed by atoms with Crippen LogP contribution in [0.2, 0.25) is 0 Å². The number of hydrogen-bond acceptors (Lipinski definition) is 6. The van der Waals surface area contributed by atoms with Crippen LogP contribution >= 0.6 is 0 Å². The fourth-order valence-electron chi connectivity index (χ4n) is 2.49. The van der Waals surface area contributed by atoms with Crippen molar-refractivity contribution in [2.75, 3.05) is 13.1 Å². The Hall–Kier alpha value is -2.61. The highest BCUT2D eigenvalue weighted by atomic mass is 16.6. The van der Waals surface area contributed by atoms with Gasteiger partial charge in [-0.1, -0.05) is 31.9 Å². The van der Waals surface area contributed by atoms with Gasteiger partial charge < -0.3 is 25.2 Å². The van der Waals surface area contributed by atoms with E-state index in [1.807, 2.05) is 20.8 Å². The van der Waals surface area contributed by atoms with Gasteiger partial charge in [0.1, 0.15) is 11.4 Å². The topological polar surface area (TPSA) is 114 Å². The van der Waals surface area contributed by atoms with E-state index in [0.717, 1.165) is 25.7 Å². The first-order chi connectivity index (χ1) is 14.1. The van der Waals surface area contributed by atoms with Crippen molar-refractivity contribution in [2.45, 2.75) is 71.5 Å². The van der Waals surface area contributed by atoms with E-state index in [-0.39, 0.29) is 12.4 Å². The molecule has 0 bridgehead atoms. The summed E-state index contributed by atoms with van der Waals surface area (Å²) in [6.45, 7) is 8.15. The van der Waals surface area contributed by atoms with Crippen LogP contribution < -0.4 is 15.4 Å². The molecule has 8 heteroatoms. The lowest BCUT2D eigenvalue weighted by molar-refractivity contribution is -0.134. The van der Waals surface area contributed by atoms with E-state index < -0.39 is 23.7 Å². The number of rotatable bonds is 11. The number of unbranched alkanes of at least 4 members (excludes halogenated alkanes) is 3. The Balaban J connectivity index is 2.18. The predicted octanol–water partition coefficient (Wildman–Crippen LogP) is 3.24. The third-order valence-corrected chi connectivity index (χ3v) is 4.04. The third kappa shape index (κ3) is 10.8. The van der Waals surface area contributed by atoms with Gasteiger partial charge in [0.25, 0.3) is 5.91 Å². The number of carbonyl (C=O) groups is 3. The molecule has 30 heavy (non-hydrogen) atoms. The van der Waals surface area contributed by atoms with E-state index in [9.17, 15) is 19.5 Å². The molecule has 0 heterocycles. The van der Waals surface area contributed by atoms with Crippen molar-refractivity contribution < 1.29 is 29.0 Å². The summed E-state index contributed by atoms with van der Waals surface area (Å²) in [5, 5.41) is 15.6. The number of carbonyl (C=O) groups excluding carboxylic acids is 3. The maximum absolute atomic E-state index is 12.1. The second kappa shape index (κ2) is 12.8. The second-order valence-corrected chi connectivity index (χ2v) is 7.93. The molecule has 1 unspecified atom stereocenters. The van der Waals surface area contributed by atoms with Crippen molar-refractivity contribution in [1.82, 2.24) is 10.6 Å². The van der Waals surface area contributed by atoms with Crippen molar-refractivity contribution in [3.05, 3.63) is 29.8 Å². The number of benzene rings is 1. The highest BCUT2D eigenvalue weighted by Gasteiger charge is 2.17. The van der Waals surface area contributed by atoms with Gasteiger partial charge in [-0.05, 0) is 51.3 Å². The van der Waals surface area contributed by atoms with Gasteiger partial charge in [-0.3, -0.25) is 9.59 Å². The molecule has 1 rings (SSSR count). The minimum absolute atomic E-state index is 0.271. The van der Waals surface area contributed by atoms with Crippen molar-refractivity contribution in [3.63, 3.8) is 0 Å². The molecule has 1 aromatic rings. The summed E-state index contributed by atoms with van der Waals surface area (Å²) in [5.41, 5.74) is -0.0754. The fraction of sp³-hybridized carbons (Fsp3) is 0.591. The number of amides is 2. The maximum atomic E-state index is 12.1. The summed E-state index contributed by atoms with van der Waals surface area (Å²) in [5.74, 6) is -0.444. The summed E-state index contributed by atoms with van der Waals surface area (Å²) < 4.78 is 10.2. The largest absolute Gasteiger partial charge is 0.444 e. The Labute approximate surface area is 178 Å². The first kappa shape index (κ1) is 25.4. The first-order valence-corrected chi connectivity index (χ1v) is 10.4. The van der Waals surface area contributed by atoms with Gasteiger partial charge in [-0.25, -0.2) is 4.79 Å². The second-order valence-electron chi connectivity index (χ2n) is 7.93.